The Morgan fingerprint density at radius 2 is 1.68 bits per heavy atom. The lowest BCUT2D eigenvalue weighted by atomic mass is 9.92. The van der Waals surface area contributed by atoms with Crippen LogP contribution in [0, 0.1) is 5.82 Å². The predicted octanol–water partition coefficient (Wildman–Crippen LogP) is 3.22. The molecule has 2 N–H and O–H groups in total. The average Bonchev–Trinajstić information content (AvgIpc) is 2.99. The number of hydrogen-bond donors (Lipinski definition) is 2. The van der Waals surface area contributed by atoms with Crippen molar-refractivity contribution < 1.29 is 18.8 Å². The summed E-state index contributed by atoms with van der Waals surface area (Å²) < 4.78 is 13.2. The van der Waals surface area contributed by atoms with Crippen LogP contribution in [0.15, 0.2) is 48.5 Å². The lowest BCUT2D eigenvalue weighted by Gasteiger charge is -2.28. The standard InChI is InChI=1S/C23H25FN4O3/c1-23(16-5-7-17(24)8-6-16)21(30)28(22(31)26-23)15-20(29)25-18-9-11-19(12-10-18)27-13-3-2-4-14-27/h5-12H,2-4,13-15H2,1H3,(H,25,29)(H,26,31)/t23-/m1/s1. The largest absolute Gasteiger partial charge is 0.372 e. The topological polar surface area (TPSA) is 81.8 Å². The van der Waals surface area contributed by atoms with Gasteiger partial charge in [0.25, 0.3) is 5.91 Å². The van der Waals surface area contributed by atoms with Crippen molar-refractivity contribution in [1.29, 1.82) is 0 Å². The molecule has 8 heteroatoms. The molecular weight excluding hydrogens is 399 g/mol. The number of benzene rings is 2. The van der Waals surface area contributed by atoms with E-state index in [1.165, 1.54) is 50.5 Å². The molecule has 0 unspecified atom stereocenters. The monoisotopic (exact) mass is 424 g/mol. The lowest BCUT2D eigenvalue weighted by Crippen LogP contribution is -2.42. The van der Waals surface area contributed by atoms with E-state index in [-0.39, 0.29) is 0 Å². The van der Waals surface area contributed by atoms with Crippen molar-refractivity contribution in [1.82, 2.24) is 10.2 Å². The van der Waals surface area contributed by atoms with Gasteiger partial charge in [0, 0.05) is 24.5 Å². The van der Waals surface area contributed by atoms with E-state index in [1.807, 2.05) is 24.3 Å². The highest BCUT2D eigenvalue weighted by atomic mass is 19.1. The Bertz CT molecular complexity index is 987. The van der Waals surface area contributed by atoms with Crippen LogP contribution in [0.5, 0.6) is 0 Å². The van der Waals surface area contributed by atoms with Gasteiger partial charge in [-0.25, -0.2) is 9.18 Å². The molecule has 0 spiro atoms. The number of rotatable bonds is 5. The third-order valence-corrected chi connectivity index (χ3v) is 5.87. The van der Waals surface area contributed by atoms with Gasteiger partial charge in [0.1, 0.15) is 17.9 Å². The lowest BCUT2D eigenvalue weighted by molar-refractivity contribution is -0.133. The first-order valence-electron chi connectivity index (χ1n) is 10.4. The van der Waals surface area contributed by atoms with Crippen LogP contribution in [0.3, 0.4) is 0 Å². The zero-order chi connectivity index (χ0) is 22.0. The Morgan fingerprint density at radius 3 is 2.32 bits per heavy atom. The number of piperidine rings is 1. The van der Waals surface area contributed by atoms with E-state index in [0.717, 1.165) is 23.7 Å². The Labute approximate surface area is 180 Å². The van der Waals surface area contributed by atoms with Gasteiger partial charge < -0.3 is 15.5 Å². The number of amides is 4. The molecule has 2 heterocycles. The van der Waals surface area contributed by atoms with Crippen LogP contribution < -0.4 is 15.5 Å². The van der Waals surface area contributed by atoms with Crippen LogP contribution in [-0.4, -0.2) is 42.4 Å². The molecule has 4 rings (SSSR count). The number of nitrogens with zero attached hydrogens (tertiary/aromatic N) is 2. The smallest absolute Gasteiger partial charge is 0.325 e. The highest BCUT2D eigenvalue weighted by Crippen LogP contribution is 2.29. The normalized spacial score (nSPS) is 21.2. The molecule has 0 saturated carbocycles. The third kappa shape index (κ3) is 4.23. The van der Waals surface area contributed by atoms with E-state index in [1.54, 1.807) is 0 Å². The van der Waals surface area contributed by atoms with Crippen molar-refractivity contribution in [2.45, 2.75) is 31.7 Å². The summed E-state index contributed by atoms with van der Waals surface area (Å²) in [4.78, 5) is 41.0. The summed E-state index contributed by atoms with van der Waals surface area (Å²) in [5.74, 6) is -1.47. The van der Waals surface area contributed by atoms with E-state index < -0.39 is 35.7 Å². The molecule has 2 fully saturated rings. The Morgan fingerprint density at radius 1 is 1.03 bits per heavy atom. The zero-order valence-electron chi connectivity index (χ0n) is 17.4. The summed E-state index contributed by atoms with van der Waals surface area (Å²) in [5.41, 5.74) is 0.811. The van der Waals surface area contributed by atoms with Crippen LogP contribution in [0.2, 0.25) is 0 Å². The van der Waals surface area contributed by atoms with Crippen molar-refractivity contribution in [2.75, 3.05) is 29.9 Å². The van der Waals surface area contributed by atoms with Crippen molar-refractivity contribution >= 4 is 29.2 Å². The molecule has 2 aliphatic heterocycles. The number of anilines is 2. The molecule has 1 atom stereocenters. The highest BCUT2D eigenvalue weighted by Gasteiger charge is 2.49. The van der Waals surface area contributed by atoms with Crippen LogP contribution in [0.25, 0.3) is 0 Å². The van der Waals surface area contributed by atoms with Gasteiger partial charge in [-0.3, -0.25) is 14.5 Å². The SMILES string of the molecule is C[C@]1(c2ccc(F)cc2)NC(=O)N(CC(=O)Nc2ccc(N3CCCCC3)cc2)C1=O. The fraction of sp³-hybridized carbons (Fsp3) is 0.348. The van der Waals surface area contributed by atoms with Crippen LogP contribution in [0.4, 0.5) is 20.6 Å². The number of hydrogen-bond acceptors (Lipinski definition) is 4. The summed E-state index contributed by atoms with van der Waals surface area (Å²) in [6.07, 6.45) is 3.62. The maximum absolute atomic E-state index is 13.2. The molecule has 2 aromatic carbocycles. The summed E-state index contributed by atoms with van der Waals surface area (Å²) in [6, 6.07) is 12.2. The third-order valence-electron chi connectivity index (χ3n) is 5.87. The molecule has 7 nitrogen and oxygen atoms in total. The minimum atomic E-state index is -1.35. The second-order valence-electron chi connectivity index (χ2n) is 8.10. The fourth-order valence-electron chi connectivity index (χ4n) is 4.07. The van der Waals surface area contributed by atoms with Crippen molar-refractivity contribution in [3.8, 4) is 0 Å². The summed E-state index contributed by atoms with van der Waals surface area (Å²) in [7, 11) is 0. The minimum Gasteiger partial charge on any atom is -0.372 e. The molecule has 4 amide bonds. The van der Waals surface area contributed by atoms with Crippen molar-refractivity contribution in [3.63, 3.8) is 0 Å². The van der Waals surface area contributed by atoms with Gasteiger partial charge in [0.05, 0.1) is 0 Å². The Balaban J connectivity index is 1.39. The van der Waals surface area contributed by atoms with Gasteiger partial charge in [-0.15, -0.1) is 0 Å². The first-order chi connectivity index (χ1) is 14.9. The van der Waals surface area contributed by atoms with Gasteiger partial charge in [-0.1, -0.05) is 12.1 Å². The number of carbonyl (C=O) groups is 3. The first-order valence-corrected chi connectivity index (χ1v) is 10.4. The van der Waals surface area contributed by atoms with Gasteiger partial charge in [-0.05, 0) is 68.1 Å². The van der Waals surface area contributed by atoms with Crippen molar-refractivity contribution in [2.24, 2.45) is 0 Å². The highest BCUT2D eigenvalue weighted by molar-refractivity contribution is 6.10. The molecule has 2 aliphatic rings. The van der Waals surface area contributed by atoms with Crippen LogP contribution in [-0.2, 0) is 15.1 Å². The quantitative estimate of drug-likeness (QED) is 0.722. The number of halogens is 1. The van der Waals surface area contributed by atoms with Gasteiger partial charge in [-0.2, -0.15) is 0 Å². The maximum Gasteiger partial charge on any atom is 0.325 e. The molecule has 2 aromatic rings. The number of carbonyl (C=O) groups excluding carboxylic acids is 3. The van der Waals surface area contributed by atoms with Crippen LogP contribution in [0.1, 0.15) is 31.7 Å². The van der Waals surface area contributed by atoms with E-state index in [0.29, 0.717) is 11.3 Å². The molecule has 0 aliphatic carbocycles. The second-order valence-corrected chi connectivity index (χ2v) is 8.10. The Hall–Kier alpha value is -3.42. The summed E-state index contributed by atoms with van der Waals surface area (Å²) in [5, 5.41) is 5.34. The predicted molar refractivity (Wildman–Crippen MR) is 115 cm³/mol. The zero-order valence-corrected chi connectivity index (χ0v) is 17.4. The minimum absolute atomic E-state index is 0.407. The molecular formula is C23H25FN4O3. The van der Waals surface area contributed by atoms with E-state index in [9.17, 15) is 18.8 Å². The molecule has 0 aromatic heterocycles. The molecule has 2 saturated heterocycles. The maximum atomic E-state index is 13.2. The van der Waals surface area contributed by atoms with E-state index in [4.69, 9.17) is 0 Å². The van der Waals surface area contributed by atoms with E-state index >= 15 is 0 Å². The van der Waals surface area contributed by atoms with Crippen molar-refractivity contribution in [3.05, 3.63) is 59.9 Å². The first kappa shape index (κ1) is 20.8. The average molecular weight is 424 g/mol. The van der Waals surface area contributed by atoms with Gasteiger partial charge in [0.15, 0.2) is 0 Å². The number of imide groups is 1. The van der Waals surface area contributed by atoms with E-state index in [2.05, 4.69) is 15.5 Å². The summed E-state index contributed by atoms with van der Waals surface area (Å²) >= 11 is 0. The van der Waals surface area contributed by atoms with Crippen LogP contribution >= 0.6 is 0 Å². The number of urea groups is 1. The summed E-state index contributed by atoms with van der Waals surface area (Å²) in [6.45, 7) is 3.20. The molecule has 162 valence electrons. The fourth-order valence-corrected chi connectivity index (χ4v) is 4.07. The van der Waals surface area contributed by atoms with Gasteiger partial charge >= 0.3 is 6.03 Å². The molecule has 31 heavy (non-hydrogen) atoms. The molecule has 0 radical (unpaired) electrons. The second kappa shape index (κ2) is 8.37. The molecule has 0 bridgehead atoms. The number of nitrogens with one attached hydrogen (secondary N) is 2. The van der Waals surface area contributed by atoms with Gasteiger partial charge in [0.2, 0.25) is 5.91 Å². The Kier molecular flexibility index (Phi) is 5.63.